The van der Waals surface area contributed by atoms with Crippen LogP contribution < -0.4 is 0 Å². The van der Waals surface area contributed by atoms with E-state index < -0.39 is 0 Å². The van der Waals surface area contributed by atoms with Crippen molar-refractivity contribution in [2.45, 2.75) is 32.7 Å². The van der Waals surface area contributed by atoms with Crippen LogP contribution in [0.1, 0.15) is 40.4 Å². The number of fused-ring (bicyclic) bond motifs is 1. The first-order chi connectivity index (χ1) is 12.1. The number of para-hydroxylation sites is 2. The summed E-state index contributed by atoms with van der Waals surface area (Å²) in [7, 11) is 0. The summed E-state index contributed by atoms with van der Waals surface area (Å²) in [6.07, 6.45) is 3.88. The van der Waals surface area contributed by atoms with Gasteiger partial charge in [-0.1, -0.05) is 24.3 Å². The molecule has 0 atom stereocenters. The molecule has 0 N–H and O–H groups in total. The number of hydrogen-bond donors (Lipinski definition) is 0. The fourth-order valence-corrected chi connectivity index (χ4v) is 3.77. The van der Waals surface area contributed by atoms with Crippen molar-refractivity contribution in [1.82, 2.24) is 14.5 Å². The Kier molecular flexibility index (Phi) is 4.04. The first kappa shape index (κ1) is 15.9. The first-order valence-electron chi connectivity index (χ1n) is 8.92. The number of carbonyl (C=O) groups is 1. The van der Waals surface area contributed by atoms with E-state index in [2.05, 4.69) is 34.7 Å². The highest BCUT2D eigenvalue weighted by atomic mass is 16.2. The predicted molar refractivity (Wildman–Crippen MR) is 99.8 cm³/mol. The lowest BCUT2D eigenvalue weighted by Crippen LogP contribution is -2.39. The molecule has 25 heavy (non-hydrogen) atoms. The fraction of sp³-hybridized carbons (Fsp3) is 0.333. The Morgan fingerprint density at radius 2 is 1.80 bits per heavy atom. The monoisotopic (exact) mass is 333 g/mol. The van der Waals surface area contributed by atoms with Crippen LogP contribution in [0, 0.1) is 13.8 Å². The normalized spacial score (nSPS) is 15.7. The molecule has 0 radical (unpaired) electrons. The van der Waals surface area contributed by atoms with Gasteiger partial charge >= 0.3 is 0 Å². The Hall–Kier alpha value is -2.62. The maximum absolute atomic E-state index is 12.9. The molecule has 1 aliphatic heterocycles. The van der Waals surface area contributed by atoms with E-state index in [0.29, 0.717) is 6.04 Å². The minimum Gasteiger partial charge on any atom is -0.338 e. The van der Waals surface area contributed by atoms with Gasteiger partial charge in [-0.15, -0.1) is 0 Å². The van der Waals surface area contributed by atoms with Crippen LogP contribution in [0.25, 0.3) is 11.0 Å². The number of rotatable bonds is 2. The number of benzene rings is 2. The summed E-state index contributed by atoms with van der Waals surface area (Å²) in [5.41, 5.74) is 5.32. The van der Waals surface area contributed by atoms with Crippen LogP contribution in [0.5, 0.6) is 0 Å². The summed E-state index contributed by atoms with van der Waals surface area (Å²) in [6.45, 7) is 5.68. The summed E-state index contributed by atoms with van der Waals surface area (Å²) in [5, 5.41) is 0. The summed E-state index contributed by atoms with van der Waals surface area (Å²) in [5.74, 6) is 0.162. The Labute approximate surface area is 148 Å². The van der Waals surface area contributed by atoms with E-state index in [-0.39, 0.29) is 5.91 Å². The van der Waals surface area contributed by atoms with Gasteiger partial charge in [0, 0.05) is 24.7 Å². The molecular formula is C21H23N3O. The third-order valence-corrected chi connectivity index (χ3v) is 5.46. The van der Waals surface area contributed by atoms with Crippen LogP contribution in [0.3, 0.4) is 0 Å². The molecule has 2 heterocycles. The van der Waals surface area contributed by atoms with Gasteiger partial charge in [0.2, 0.25) is 0 Å². The maximum Gasteiger partial charge on any atom is 0.254 e. The molecule has 1 aliphatic rings. The second kappa shape index (κ2) is 6.36. The third-order valence-electron chi connectivity index (χ3n) is 5.46. The van der Waals surface area contributed by atoms with Crippen LogP contribution in [0.2, 0.25) is 0 Å². The summed E-state index contributed by atoms with van der Waals surface area (Å²) < 4.78 is 2.27. The van der Waals surface area contributed by atoms with Crippen molar-refractivity contribution in [2.75, 3.05) is 13.1 Å². The fourth-order valence-electron chi connectivity index (χ4n) is 3.77. The van der Waals surface area contributed by atoms with Crippen molar-refractivity contribution in [3.05, 3.63) is 65.5 Å². The van der Waals surface area contributed by atoms with E-state index in [1.165, 1.54) is 11.1 Å². The number of carbonyl (C=O) groups excluding carboxylic acids is 1. The molecule has 0 bridgehead atoms. The zero-order chi connectivity index (χ0) is 17.4. The van der Waals surface area contributed by atoms with Gasteiger partial charge in [-0.25, -0.2) is 4.98 Å². The number of aryl methyl sites for hydroxylation is 1. The number of nitrogens with zero attached hydrogens (tertiary/aromatic N) is 3. The van der Waals surface area contributed by atoms with E-state index in [4.69, 9.17) is 0 Å². The molecule has 0 spiro atoms. The van der Waals surface area contributed by atoms with Crippen molar-refractivity contribution < 1.29 is 4.79 Å². The summed E-state index contributed by atoms with van der Waals surface area (Å²) >= 11 is 0. The smallest absolute Gasteiger partial charge is 0.254 e. The van der Waals surface area contributed by atoms with Crippen molar-refractivity contribution >= 4 is 16.9 Å². The van der Waals surface area contributed by atoms with E-state index in [0.717, 1.165) is 42.6 Å². The van der Waals surface area contributed by atoms with Crippen molar-refractivity contribution in [2.24, 2.45) is 0 Å². The molecule has 3 aromatic rings. The van der Waals surface area contributed by atoms with Gasteiger partial charge in [-0.3, -0.25) is 4.79 Å². The van der Waals surface area contributed by atoms with Gasteiger partial charge < -0.3 is 9.47 Å². The lowest BCUT2D eigenvalue weighted by Gasteiger charge is -2.33. The largest absolute Gasteiger partial charge is 0.338 e. The van der Waals surface area contributed by atoms with Gasteiger partial charge in [-0.2, -0.15) is 0 Å². The lowest BCUT2D eigenvalue weighted by molar-refractivity contribution is 0.0695. The van der Waals surface area contributed by atoms with E-state index >= 15 is 0 Å². The van der Waals surface area contributed by atoms with Crippen molar-refractivity contribution in [3.63, 3.8) is 0 Å². The Morgan fingerprint density at radius 1 is 1.04 bits per heavy atom. The second-order valence-electron chi connectivity index (χ2n) is 6.91. The molecule has 1 amide bonds. The van der Waals surface area contributed by atoms with Crippen molar-refractivity contribution in [1.29, 1.82) is 0 Å². The molecule has 1 fully saturated rings. The van der Waals surface area contributed by atoms with Gasteiger partial charge in [-0.05, 0) is 56.0 Å². The molecule has 128 valence electrons. The number of amides is 1. The molecule has 4 nitrogen and oxygen atoms in total. The highest BCUT2D eigenvalue weighted by Gasteiger charge is 2.26. The zero-order valence-electron chi connectivity index (χ0n) is 14.8. The minimum atomic E-state index is 0.162. The molecule has 2 aromatic carbocycles. The number of likely N-dealkylation sites (tertiary alicyclic amines) is 1. The van der Waals surface area contributed by atoms with Gasteiger partial charge in [0.15, 0.2) is 0 Å². The first-order valence-corrected chi connectivity index (χ1v) is 8.92. The minimum absolute atomic E-state index is 0.162. The quantitative estimate of drug-likeness (QED) is 0.707. The standard InChI is InChI=1S/C21H23N3O/c1-15-6-5-7-18(16(15)2)21(25)23-12-10-17(11-13-23)24-14-22-19-8-3-4-9-20(19)24/h3-9,14,17H,10-13H2,1-2H3. The van der Waals surface area contributed by atoms with E-state index in [1.54, 1.807) is 0 Å². The van der Waals surface area contributed by atoms with Gasteiger partial charge in [0.1, 0.15) is 0 Å². The predicted octanol–water partition coefficient (Wildman–Crippen LogP) is 4.13. The topological polar surface area (TPSA) is 38.1 Å². The van der Waals surface area contributed by atoms with Crippen LogP contribution in [-0.2, 0) is 0 Å². The Morgan fingerprint density at radius 3 is 2.60 bits per heavy atom. The molecule has 1 aromatic heterocycles. The number of hydrogen-bond acceptors (Lipinski definition) is 2. The van der Waals surface area contributed by atoms with Gasteiger partial charge in [0.25, 0.3) is 5.91 Å². The summed E-state index contributed by atoms with van der Waals surface area (Å²) in [4.78, 5) is 19.4. The average Bonchev–Trinajstić information content (AvgIpc) is 3.08. The van der Waals surface area contributed by atoms with Crippen LogP contribution >= 0.6 is 0 Å². The van der Waals surface area contributed by atoms with Crippen LogP contribution in [0.4, 0.5) is 0 Å². The molecule has 0 unspecified atom stereocenters. The van der Waals surface area contributed by atoms with Gasteiger partial charge in [0.05, 0.1) is 17.4 Å². The van der Waals surface area contributed by atoms with Crippen LogP contribution in [-0.4, -0.2) is 33.4 Å². The number of aromatic nitrogens is 2. The highest BCUT2D eigenvalue weighted by Crippen LogP contribution is 2.27. The lowest BCUT2D eigenvalue weighted by atomic mass is 10.00. The highest BCUT2D eigenvalue weighted by molar-refractivity contribution is 5.96. The van der Waals surface area contributed by atoms with E-state index in [1.807, 2.05) is 42.4 Å². The Bertz CT molecular complexity index is 920. The SMILES string of the molecule is Cc1cccc(C(=O)N2CCC(n3cnc4ccccc43)CC2)c1C. The second-order valence-corrected chi connectivity index (χ2v) is 6.91. The van der Waals surface area contributed by atoms with Crippen molar-refractivity contribution in [3.8, 4) is 0 Å². The molecule has 4 rings (SSSR count). The number of imidazole rings is 1. The third kappa shape index (κ3) is 2.82. The molecule has 0 saturated carbocycles. The zero-order valence-corrected chi connectivity index (χ0v) is 14.8. The molecule has 4 heteroatoms. The molecule has 0 aliphatic carbocycles. The van der Waals surface area contributed by atoms with Crippen LogP contribution in [0.15, 0.2) is 48.8 Å². The molecular weight excluding hydrogens is 310 g/mol. The molecule has 1 saturated heterocycles. The number of piperidine rings is 1. The Balaban J connectivity index is 1.50. The maximum atomic E-state index is 12.9. The van der Waals surface area contributed by atoms with E-state index in [9.17, 15) is 4.79 Å². The summed E-state index contributed by atoms with van der Waals surface area (Å²) in [6, 6.07) is 14.6. The average molecular weight is 333 g/mol.